The molecule has 26 heavy (non-hydrogen) atoms. The zero-order valence-electron chi connectivity index (χ0n) is 15.0. The molecule has 0 aromatic heterocycles. The van der Waals surface area contributed by atoms with Gasteiger partial charge in [0.25, 0.3) is 0 Å². The van der Waals surface area contributed by atoms with Gasteiger partial charge in [-0.1, -0.05) is 12.8 Å². The smallest absolute Gasteiger partial charge is 0.337 e. The first-order valence-electron chi connectivity index (χ1n) is 8.72. The minimum absolute atomic E-state index is 0.0297. The molecule has 2 aliphatic rings. The van der Waals surface area contributed by atoms with Crippen molar-refractivity contribution in [3.63, 3.8) is 0 Å². The average molecular weight is 380 g/mol. The van der Waals surface area contributed by atoms with Crippen LogP contribution < -0.4 is 10.6 Å². The van der Waals surface area contributed by atoms with Gasteiger partial charge < -0.3 is 15.4 Å². The summed E-state index contributed by atoms with van der Waals surface area (Å²) in [6.07, 6.45) is 5.01. The summed E-state index contributed by atoms with van der Waals surface area (Å²) in [5, 5.41) is 6.17. The third kappa shape index (κ3) is 3.48. The molecule has 2 N–H and O–H groups in total. The van der Waals surface area contributed by atoms with Crippen molar-refractivity contribution in [1.82, 2.24) is 5.32 Å². The molecule has 1 heterocycles. The maximum absolute atomic E-state index is 13.1. The van der Waals surface area contributed by atoms with E-state index in [0.29, 0.717) is 12.2 Å². The van der Waals surface area contributed by atoms with Gasteiger partial charge in [-0.05, 0) is 43.5 Å². The van der Waals surface area contributed by atoms with Crippen LogP contribution in [0.15, 0.2) is 23.1 Å². The van der Waals surface area contributed by atoms with Crippen LogP contribution in [0.4, 0.5) is 5.69 Å². The van der Waals surface area contributed by atoms with Gasteiger partial charge in [0, 0.05) is 18.5 Å². The van der Waals surface area contributed by atoms with E-state index in [9.17, 15) is 18.0 Å². The van der Waals surface area contributed by atoms with Crippen LogP contribution in [0.5, 0.6) is 0 Å². The molecular formula is C18H24N2O5S. The molecule has 2 atom stereocenters. The number of ether oxygens (including phenoxy) is 1. The van der Waals surface area contributed by atoms with E-state index in [1.54, 1.807) is 0 Å². The lowest BCUT2D eigenvalue weighted by Crippen LogP contribution is -2.44. The number of carbonyl (C=O) groups excluding carboxylic acids is 2. The van der Waals surface area contributed by atoms with E-state index in [1.165, 1.54) is 25.3 Å². The monoisotopic (exact) mass is 380 g/mol. The number of hydrogen-bond donors (Lipinski definition) is 2. The Morgan fingerprint density at radius 3 is 2.73 bits per heavy atom. The molecule has 1 amide bonds. The van der Waals surface area contributed by atoms with Crippen LogP contribution in [0.2, 0.25) is 0 Å². The molecule has 142 valence electrons. The maximum Gasteiger partial charge on any atom is 0.337 e. The minimum atomic E-state index is -3.54. The maximum atomic E-state index is 13.1. The lowest BCUT2D eigenvalue weighted by Gasteiger charge is -2.37. The number of nitrogens with one attached hydrogen (secondary N) is 2. The fraction of sp³-hybridized carbons (Fsp3) is 0.556. The second kappa shape index (κ2) is 7.00. The topological polar surface area (TPSA) is 102 Å². The summed E-state index contributed by atoms with van der Waals surface area (Å²) >= 11 is 0. The normalized spacial score (nSPS) is 25.4. The van der Waals surface area contributed by atoms with Gasteiger partial charge in [0.05, 0.1) is 23.0 Å². The fourth-order valence-electron chi connectivity index (χ4n) is 4.07. The molecule has 1 aromatic rings. The molecule has 7 nitrogen and oxygen atoms in total. The Kier molecular flexibility index (Phi) is 5.07. The fourth-order valence-corrected chi connectivity index (χ4v) is 4.75. The number of methoxy groups -OCH3 is 1. The molecule has 1 aromatic carbocycles. The van der Waals surface area contributed by atoms with Crippen molar-refractivity contribution in [1.29, 1.82) is 0 Å². The zero-order chi connectivity index (χ0) is 18.9. The van der Waals surface area contributed by atoms with Crippen LogP contribution in [0.3, 0.4) is 0 Å². The number of esters is 1. The largest absolute Gasteiger partial charge is 0.465 e. The highest BCUT2D eigenvalue weighted by molar-refractivity contribution is 7.90. The lowest BCUT2D eigenvalue weighted by molar-refractivity contribution is -0.128. The number of hydrogen-bond acceptors (Lipinski definition) is 6. The van der Waals surface area contributed by atoms with Gasteiger partial charge in [-0.25, -0.2) is 13.2 Å². The van der Waals surface area contributed by atoms with E-state index < -0.39 is 21.2 Å². The van der Waals surface area contributed by atoms with E-state index in [0.717, 1.165) is 38.5 Å². The standard InChI is InChI=1S/C18H24N2O5S/c1-25-16(21)12-7-14(9-15(8-12)26(2,23)24)20-17(22)18-6-4-3-5-13(18)10-19-11-18/h7-9,13,19H,3-6,10-11H2,1-2H3,(H,20,22)/t13-,18+/m0/s1. The van der Waals surface area contributed by atoms with Crippen molar-refractivity contribution >= 4 is 27.4 Å². The van der Waals surface area contributed by atoms with Crippen LogP contribution in [0.25, 0.3) is 0 Å². The first kappa shape index (κ1) is 18.8. The second-order valence-corrected chi connectivity index (χ2v) is 9.21. The van der Waals surface area contributed by atoms with E-state index in [-0.39, 0.29) is 22.3 Å². The summed E-state index contributed by atoms with van der Waals surface area (Å²) in [4.78, 5) is 24.9. The Morgan fingerprint density at radius 1 is 1.27 bits per heavy atom. The third-order valence-corrected chi connectivity index (χ3v) is 6.60. The van der Waals surface area contributed by atoms with Crippen LogP contribution in [0.1, 0.15) is 36.0 Å². The summed E-state index contributed by atoms with van der Waals surface area (Å²) in [5.74, 6) is -0.481. The van der Waals surface area contributed by atoms with Crippen molar-refractivity contribution < 1.29 is 22.7 Å². The van der Waals surface area contributed by atoms with Gasteiger partial charge in [-0.3, -0.25) is 4.79 Å². The molecule has 3 rings (SSSR count). The minimum Gasteiger partial charge on any atom is -0.465 e. The summed E-state index contributed by atoms with van der Waals surface area (Å²) in [5.41, 5.74) is -0.0815. The van der Waals surface area contributed by atoms with Crippen molar-refractivity contribution in [3.8, 4) is 0 Å². The highest BCUT2D eigenvalue weighted by Gasteiger charge is 2.49. The molecule has 1 saturated heterocycles. The SMILES string of the molecule is COC(=O)c1cc(NC(=O)[C@@]23CCCC[C@H]2CNC3)cc(S(C)(=O)=O)c1. The van der Waals surface area contributed by atoms with Crippen molar-refractivity contribution in [2.45, 2.75) is 30.6 Å². The molecule has 1 aliphatic carbocycles. The number of sulfone groups is 1. The third-order valence-electron chi connectivity index (χ3n) is 5.50. The summed E-state index contributed by atoms with van der Waals surface area (Å²) in [6.45, 7) is 1.45. The Balaban J connectivity index is 1.93. The number of rotatable bonds is 4. The van der Waals surface area contributed by atoms with Gasteiger partial charge in [-0.15, -0.1) is 0 Å². The molecule has 0 unspecified atom stereocenters. The highest BCUT2D eigenvalue weighted by atomic mass is 32.2. The summed E-state index contributed by atoms with van der Waals surface area (Å²) in [7, 11) is -2.32. The molecule has 0 spiro atoms. The van der Waals surface area contributed by atoms with Gasteiger partial charge in [0.15, 0.2) is 9.84 Å². The molecule has 8 heteroatoms. The zero-order valence-corrected chi connectivity index (χ0v) is 15.8. The number of benzene rings is 1. The van der Waals surface area contributed by atoms with Gasteiger partial charge >= 0.3 is 5.97 Å². The van der Waals surface area contributed by atoms with Crippen molar-refractivity contribution in [3.05, 3.63) is 23.8 Å². The van der Waals surface area contributed by atoms with E-state index in [1.807, 2.05) is 0 Å². The lowest BCUT2D eigenvalue weighted by atomic mass is 9.67. The first-order valence-corrected chi connectivity index (χ1v) is 10.6. The molecule has 1 saturated carbocycles. The molecule has 0 bridgehead atoms. The van der Waals surface area contributed by atoms with Crippen LogP contribution >= 0.6 is 0 Å². The first-order chi connectivity index (χ1) is 12.3. The van der Waals surface area contributed by atoms with Gasteiger partial charge in [-0.2, -0.15) is 0 Å². The number of amides is 1. The molecule has 2 fully saturated rings. The number of carbonyl (C=O) groups is 2. The number of anilines is 1. The van der Waals surface area contributed by atoms with E-state index in [2.05, 4.69) is 10.6 Å². The van der Waals surface area contributed by atoms with Crippen LogP contribution in [0, 0.1) is 11.3 Å². The predicted molar refractivity (Wildman–Crippen MR) is 96.8 cm³/mol. The second-order valence-electron chi connectivity index (χ2n) is 7.19. The molecule has 1 aliphatic heterocycles. The number of fused-ring (bicyclic) bond motifs is 1. The van der Waals surface area contributed by atoms with Gasteiger partial charge in [0.1, 0.15) is 0 Å². The molecule has 0 radical (unpaired) electrons. The van der Waals surface area contributed by atoms with Crippen LogP contribution in [-0.4, -0.2) is 46.7 Å². The average Bonchev–Trinajstić information content (AvgIpc) is 3.05. The summed E-state index contributed by atoms with van der Waals surface area (Å²) < 4.78 is 28.6. The van der Waals surface area contributed by atoms with Crippen LogP contribution in [-0.2, 0) is 19.4 Å². The quantitative estimate of drug-likeness (QED) is 0.770. The Hall–Kier alpha value is -1.93. The highest BCUT2D eigenvalue weighted by Crippen LogP contribution is 2.44. The Morgan fingerprint density at radius 2 is 2.04 bits per heavy atom. The van der Waals surface area contributed by atoms with Crippen molar-refractivity contribution in [2.24, 2.45) is 11.3 Å². The predicted octanol–water partition coefficient (Wildman–Crippen LogP) is 1.59. The van der Waals surface area contributed by atoms with E-state index in [4.69, 9.17) is 4.74 Å². The van der Waals surface area contributed by atoms with Crippen molar-refractivity contribution in [2.75, 3.05) is 31.8 Å². The van der Waals surface area contributed by atoms with E-state index >= 15 is 0 Å². The van der Waals surface area contributed by atoms with Gasteiger partial charge in [0.2, 0.25) is 5.91 Å². The molecular weight excluding hydrogens is 356 g/mol. The Bertz CT molecular complexity index is 836. The Labute approximate surface area is 153 Å². The summed E-state index contributed by atoms with van der Waals surface area (Å²) in [6, 6.07) is 4.10.